The highest BCUT2D eigenvalue weighted by Gasteiger charge is 2.09. The maximum absolute atomic E-state index is 9.08. The highest BCUT2D eigenvalue weighted by Crippen LogP contribution is 2.26. The minimum atomic E-state index is 0.726. The largest absolute Gasteiger partial charge is 0.457 e. The lowest BCUT2D eigenvalue weighted by Gasteiger charge is -2.10. The molecular weight excluding hydrogens is 245 g/mol. The van der Waals surface area contributed by atoms with Gasteiger partial charge in [-0.3, -0.25) is 0 Å². The fourth-order valence-corrected chi connectivity index (χ4v) is 2.46. The first kappa shape index (κ1) is 12.6. The molecule has 20 heavy (non-hydrogen) atoms. The van der Waals surface area contributed by atoms with Crippen LogP contribution < -0.4 is 10.2 Å². The summed E-state index contributed by atoms with van der Waals surface area (Å²) in [7, 11) is 2.07. The molecule has 0 aliphatic carbocycles. The zero-order chi connectivity index (χ0) is 14.1. The second-order valence-corrected chi connectivity index (χ2v) is 4.96. The summed E-state index contributed by atoms with van der Waals surface area (Å²) < 4.78 is 5.91. The van der Waals surface area contributed by atoms with Gasteiger partial charge < -0.3 is 4.74 Å². The molecule has 0 N–H and O–H groups in total. The smallest absolute Gasteiger partial charge is 0.182 e. The molecule has 1 radical (unpaired) electrons. The SMILES string of the molecule is Cc1cc(Oc2ccc3c(c2)[B]C=C3)cc(C)c1C#N. The van der Waals surface area contributed by atoms with E-state index in [0.717, 1.165) is 28.2 Å². The van der Waals surface area contributed by atoms with Crippen LogP contribution in [0.1, 0.15) is 22.3 Å². The van der Waals surface area contributed by atoms with Crippen molar-refractivity contribution in [1.29, 1.82) is 5.26 Å². The zero-order valence-corrected chi connectivity index (χ0v) is 11.5. The molecular formula is C17H13BNO. The Labute approximate surface area is 119 Å². The Balaban J connectivity index is 1.91. The highest BCUT2D eigenvalue weighted by atomic mass is 16.5. The van der Waals surface area contributed by atoms with Crippen molar-refractivity contribution in [1.82, 2.24) is 0 Å². The predicted octanol–water partition coefficient (Wildman–Crippen LogP) is 3.28. The maximum atomic E-state index is 9.08. The van der Waals surface area contributed by atoms with Crippen LogP contribution in [0.2, 0.25) is 0 Å². The number of aryl methyl sites for hydroxylation is 2. The number of hydrogen-bond acceptors (Lipinski definition) is 2. The van der Waals surface area contributed by atoms with Gasteiger partial charge in [-0.15, -0.1) is 5.98 Å². The molecule has 0 aromatic heterocycles. The van der Waals surface area contributed by atoms with Crippen LogP contribution in [0, 0.1) is 25.2 Å². The Morgan fingerprint density at radius 3 is 2.50 bits per heavy atom. The lowest BCUT2D eigenvalue weighted by atomic mass is 9.73. The van der Waals surface area contributed by atoms with Gasteiger partial charge >= 0.3 is 0 Å². The third kappa shape index (κ3) is 2.21. The Morgan fingerprint density at radius 1 is 1.05 bits per heavy atom. The molecule has 3 rings (SSSR count). The summed E-state index contributed by atoms with van der Waals surface area (Å²) in [4.78, 5) is 0. The van der Waals surface area contributed by atoms with E-state index in [1.807, 2.05) is 50.2 Å². The Kier molecular flexibility index (Phi) is 3.08. The van der Waals surface area contributed by atoms with Gasteiger partial charge in [0.2, 0.25) is 0 Å². The topological polar surface area (TPSA) is 33.0 Å². The number of nitrogens with zero attached hydrogens (tertiary/aromatic N) is 1. The number of benzene rings is 2. The summed E-state index contributed by atoms with van der Waals surface area (Å²) in [5.74, 6) is 3.61. The quantitative estimate of drug-likeness (QED) is 0.774. The molecule has 0 fully saturated rings. The van der Waals surface area contributed by atoms with Crippen molar-refractivity contribution in [2.24, 2.45) is 0 Å². The predicted molar refractivity (Wildman–Crippen MR) is 81.6 cm³/mol. The van der Waals surface area contributed by atoms with E-state index in [9.17, 15) is 0 Å². The van der Waals surface area contributed by atoms with Gasteiger partial charge in [-0.1, -0.05) is 17.6 Å². The van der Waals surface area contributed by atoms with E-state index in [1.165, 1.54) is 11.0 Å². The average molecular weight is 258 g/mol. The van der Waals surface area contributed by atoms with E-state index in [-0.39, 0.29) is 0 Å². The summed E-state index contributed by atoms with van der Waals surface area (Å²) in [5.41, 5.74) is 4.99. The van der Waals surface area contributed by atoms with Crippen LogP contribution in [0.4, 0.5) is 0 Å². The van der Waals surface area contributed by atoms with Crippen molar-refractivity contribution in [2.75, 3.05) is 0 Å². The lowest BCUT2D eigenvalue weighted by molar-refractivity contribution is 0.482. The van der Waals surface area contributed by atoms with Crippen LogP contribution in [0.3, 0.4) is 0 Å². The molecule has 95 valence electrons. The van der Waals surface area contributed by atoms with Crippen LogP contribution in [0.15, 0.2) is 36.3 Å². The second-order valence-electron chi connectivity index (χ2n) is 4.96. The molecule has 1 heterocycles. The van der Waals surface area contributed by atoms with Crippen molar-refractivity contribution < 1.29 is 4.74 Å². The zero-order valence-electron chi connectivity index (χ0n) is 11.5. The molecule has 2 aromatic carbocycles. The minimum absolute atomic E-state index is 0.726. The summed E-state index contributed by atoms with van der Waals surface area (Å²) >= 11 is 0. The first-order valence-corrected chi connectivity index (χ1v) is 6.52. The third-order valence-electron chi connectivity index (χ3n) is 3.46. The first-order chi connectivity index (χ1) is 9.67. The van der Waals surface area contributed by atoms with Crippen molar-refractivity contribution in [3.63, 3.8) is 0 Å². The number of ether oxygens (including phenoxy) is 1. The van der Waals surface area contributed by atoms with Gasteiger partial charge in [-0.2, -0.15) is 5.26 Å². The summed E-state index contributed by atoms with van der Waals surface area (Å²) in [6.07, 6.45) is 2.08. The normalized spacial score (nSPS) is 11.7. The molecule has 0 amide bonds. The van der Waals surface area contributed by atoms with Gasteiger partial charge in [0.15, 0.2) is 7.28 Å². The lowest BCUT2D eigenvalue weighted by Crippen LogP contribution is -2.10. The molecule has 0 saturated heterocycles. The van der Waals surface area contributed by atoms with Gasteiger partial charge in [-0.05, 0) is 54.8 Å². The average Bonchev–Trinajstić information content (AvgIpc) is 2.85. The molecule has 0 atom stereocenters. The van der Waals surface area contributed by atoms with Crippen molar-refractivity contribution in [3.8, 4) is 17.6 Å². The van der Waals surface area contributed by atoms with Gasteiger partial charge in [0.05, 0.1) is 11.6 Å². The molecule has 0 spiro atoms. The number of fused-ring (bicyclic) bond motifs is 1. The molecule has 2 nitrogen and oxygen atoms in total. The Bertz CT molecular complexity index is 733. The third-order valence-corrected chi connectivity index (χ3v) is 3.46. The number of rotatable bonds is 2. The van der Waals surface area contributed by atoms with E-state index in [2.05, 4.69) is 19.4 Å². The standard InChI is InChI=1S/C17H13BNO/c1-11-7-15(8-12(2)16(11)10-19)20-14-4-3-13-5-6-18-17(13)9-14/h3-9H,1-2H3. The summed E-state index contributed by atoms with van der Waals surface area (Å²) in [6, 6.07) is 12.1. The fourth-order valence-electron chi connectivity index (χ4n) is 2.46. The van der Waals surface area contributed by atoms with E-state index >= 15 is 0 Å². The van der Waals surface area contributed by atoms with E-state index in [4.69, 9.17) is 10.00 Å². The van der Waals surface area contributed by atoms with Crippen LogP contribution in [-0.4, -0.2) is 7.28 Å². The van der Waals surface area contributed by atoms with Crippen molar-refractivity contribution in [2.45, 2.75) is 13.8 Å². The van der Waals surface area contributed by atoms with Crippen molar-refractivity contribution >= 4 is 18.8 Å². The second kappa shape index (κ2) is 4.90. The minimum Gasteiger partial charge on any atom is -0.457 e. The Hall–Kier alpha value is -2.47. The van der Waals surface area contributed by atoms with E-state index < -0.39 is 0 Å². The van der Waals surface area contributed by atoms with Gasteiger partial charge in [0, 0.05) is 0 Å². The van der Waals surface area contributed by atoms with Crippen molar-refractivity contribution in [3.05, 3.63) is 58.6 Å². The maximum Gasteiger partial charge on any atom is 0.182 e. The number of hydrogen-bond donors (Lipinski definition) is 0. The molecule has 0 unspecified atom stereocenters. The Morgan fingerprint density at radius 2 is 1.80 bits per heavy atom. The fraction of sp³-hybridized carbons (Fsp3) is 0.118. The van der Waals surface area contributed by atoms with Gasteiger partial charge in [0.25, 0.3) is 0 Å². The van der Waals surface area contributed by atoms with E-state index in [1.54, 1.807) is 0 Å². The summed E-state index contributed by atoms with van der Waals surface area (Å²) in [6.45, 7) is 3.86. The monoisotopic (exact) mass is 258 g/mol. The number of nitriles is 1. The molecule has 0 saturated carbocycles. The van der Waals surface area contributed by atoms with Crippen LogP contribution >= 0.6 is 0 Å². The molecule has 1 aliphatic rings. The van der Waals surface area contributed by atoms with Crippen LogP contribution in [-0.2, 0) is 0 Å². The van der Waals surface area contributed by atoms with E-state index in [0.29, 0.717) is 0 Å². The molecule has 2 aromatic rings. The van der Waals surface area contributed by atoms with Crippen LogP contribution in [0.5, 0.6) is 11.5 Å². The molecule has 1 aliphatic heterocycles. The first-order valence-electron chi connectivity index (χ1n) is 6.52. The molecule has 3 heteroatoms. The van der Waals surface area contributed by atoms with Crippen LogP contribution in [0.25, 0.3) is 6.08 Å². The van der Waals surface area contributed by atoms with Gasteiger partial charge in [-0.25, -0.2) is 0 Å². The summed E-state index contributed by atoms with van der Waals surface area (Å²) in [5, 5.41) is 9.08. The highest BCUT2D eigenvalue weighted by molar-refractivity contribution is 6.62. The van der Waals surface area contributed by atoms with Gasteiger partial charge in [0.1, 0.15) is 11.5 Å². The molecule has 0 bridgehead atoms.